The first-order valence-electron chi connectivity index (χ1n) is 7.81. The van der Waals surface area contributed by atoms with Gasteiger partial charge in [-0.25, -0.2) is 0 Å². The van der Waals surface area contributed by atoms with Crippen molar-refractivity contribution >= 4 is 5.78 Å². The number of carbonyl (C=O) groups excluding carboxylic acids is 1. The molecule has 1 aliphatic carbocycles. The van der Waals surface area contributed by atoms with Crippen molar-refractivity contribution in [2.45, 2.75) is 64.7 Å². The van der Waals surface area contributed by atoms with E-state index in [0.29, 0.717) is 0 Å². The van der Waals surface area contributed by atoms with E-state index in [-0.39, 0.29) is 5.78 Å². The summed E-state index contributed by atoms with van der Waals surface area (Å²) in [7, 11) is 0. The van der Waals surface area contributed by atoms with Crippen molar-refractivity contribution in [1.29, 1.82) is 0 Å². The fourth-order valence-corrected chi connectivity index (χ4v) is 3.27. The molecule has 0 bridgehead atoms. The number of unbranched alkanes of at least 4 members (excludes halogenated alkanes) is 1. The fourth-order valence-electron chi connectivity index (χ4n) is 3.27. The maximum Gasteiger partial charge on any atom is 0.159 e. The van der Waals surface area contributed by atoms with Gasteiger partial charge < -0.3 is 0 Å². The van der Waals surface area contributed by atoms with Gasteiger partial charge in [0.25, 0.3) is 0 Å². The number of hydrogen-bond donors (Lipinski definition) is 0. The normalized spacial score (nSPS) is 23.3. The predicted molar refractivity (Wildman–Crippen MR) is 80.7 cm³/mol. The van der Waals surface area contributed by atoms with E-state index in [4.69, 9.17) is 0 Å². The third kappa shape index (κ3) is 3.92. The summed E-state index contributed by atoms with van der Waals surface area (Å²) in [5, 5.41) is 0. The number of rotatable bonds is 5. The Balaban J connectivity index is 1.88. The van der Waals surface area contributed by atoms with Gasteiger partial charge in [0.2, 0.25) is 0 Å². The van der Waals surface area contributed by atoms with Gasteiger partial charge in [-0.15, -0.1) is 0 Å². The zero-order valence-corrected chi connectivity index (χ0v) is 12.3. The van der Waals surface area contributed by atoms with E-state index in [2.05, 4.69) is 19.1 Å². The second-order valence-electron chi connectivity index (χ2n) is 6.04. The second kappa shape index (κ2) is 6.88. The van der Waals surface area contributed by atoms with E-state index >= 15 is 0 Å². The predicted octanol–water partition coefficient (Wildman–Crippen LogP) is 5.35. The van der Waals surface area contributed by atoms with Crippen molar-refractivity contribution in [1.82, 2.24) is 0 Å². The Labute approximate surface area is 117 Å². The third-order valence-electron chi connectivity index (χ3n) is 4.60. The lowest BCUT2D eigenvalue weighted by molar-refractivity contribution is 0.101. The number of ketones is 1. The highest BCUT2D eigenvalue weighted by atomic mass is 16.1. The first-order valence-corrected chi connectivity index (χ1v) is 7.81. The smallest absolute Gasteiger partial charge is 0.159 e. The van der Waals surface area contributed by atoms with E-state index in [1.54, 1.807) is 6.92 Å². The van der Waals surface area contributed by atoms with E-state index in [1.807, 2.05) is 12.1 Å². The molecule has 1 heteroatoms. The lowest BCUT2D eigenvalue weighted by atomic mass is 9.77. The molecule has 104 valence electrons. The van der Waals surface area contributed by atoms with Crippen LogP contribution in [0.2, 0.25) is 0 Å². The Bertz CT molecular complexity index is 396. The Morgan fingerprint density at radius 1 is 1.11 bits per heavy atom. The van der Waals surface area contributed by atoms with E-state index in [1.165, 1.54) is 50.5 Å². The summed E-state index contributed by atoms with van der Waals surface area (Å²) in [5.41, 5.74) is 2.26. The van der Waals surface area contributed by atoms with Gasteiger partial charge in [-0.3, -0.25) is 4.79 Å². The van der Waals surface area contributed by atoms with Crippen LogP contribution in [-0.4, -0.2) is 5.78 Å². The average Bonchev–Trinajstić information content (AvgIpc) is 2.46. The topological polar surface area (TPSA) is 17.1 Å². The van der Waals surface area contributed by atoms with Crippen LogP contribution in [0.1, 0.15) is 80.6 Å². The van der Waals surface area contributed by atoms with Crippen molar-refractivity contribution < 1.29 is 4.79 Å². The van der Waals surface area contributed by atoms with E-state index < -0.39 is 0 Å². The van der Waals surface area contributed by atoms with Crippen molar-refractivity contribution in [3.63, 3.8) is 0 Å². The molecule has 1 aromatic carbocycles. The molecule has 2 rings (SSSR count). The number of hydrogen-bond acceptors (Lipinski definition) is 1. The number of Topliss-reactive ketones (excluding diaryl/α,β-unsaturated/α-hetero) is 1. The molecule has 1 aliphatic rings. The molecule has 0 atom stereocenters. The van der Waals surface area contributed by atoms with Crippen LogP contribution in [0.4, 0.5) is 0 Å². The zero-order valence-electron chi connectivity index (χ0n) is 12.3. The quantitative estimate of drug-likeness (QED) is 0.650. The summed E-state index contributed by atoms with van der Waals surface area (Å²) in [6.45, 7) is 3.91. The van der Waals surface area contributed by atoms with Gasteiger partial charge in [0.15, 0.2) is 5.78 Å². The lowest BCUT2D eigenvalue weighted by Gasteiger charge is -2.28. The van der Waals surface area contributed by atoms with Crippen LogP contribution in [0.5, 0.6) is 0 Å². The van der Waals surface area contributed by atoms with Gasteiger partial charge >= 0.3 is 0 Å². The summed E-state index contributed by atoms with van der Waals surface area (Å²) in [4.78, 5) is 11.3. The molecule has 1 saturated carbocycles. The van der Waals surface area contributed by atoms with Crippen LogP contribution in [0.15, 0.2) is 24.3 Å². The molecule has 0 amide bonds. The van der Waals surface area contributed by atoms with Gasteiger partial charge in [-0.1, -0.05) is 50.5 Å². The monoisotopic (exact) mass is 258 g/mol. The molecule has 0 radical (unpaired) electrons. The standard InChI is InChI=1S/C18H26O/c1-3-4-5-15-6-8-17(9-7-15)18-12-10-16(11-13-18)14(2)19/h10-13,15,17H,3-9H2,1-2H3. The first kappa shape index (κ1) is 14.3. The Hall–Kier alpha value is -1.11. The minimum atomic E-state index is 0.162. The van der Waals surface area contributed by atoms with Crippen LogP contribution in [-0.2, 0) is 0 Å². The number of carbonyl (C=O) groups is 1. The van der Waals surface area contributed by atoms with E-state index in [9.17, 15) is 4.79 Å². The Kier molecular flexibility index (Phi) is 5.18. The fraction of sp³-hybridized carbons (Fsp3) is 0.611. The molecule has 0 spiro atoms. The molecule has 0 aromatic heterocycles. The maximum absolute atomic E-state index is 11.3. The van der Waals surface area contributed by atoms with Gasteiger partial charge in [0, 0.05) is 5.56 Å². The van der Waals surface area contributed by atoms with Gasteiger partial charge in [0.05, 0.1) is 0 Å². The zero-order chi connectivity index (χ0) is 13.7. The van der Waals surface area contributed by atoms with Crippen LogP contribution < -0.4 is 0 Å². The van der Waals surface area contributed by atoms with Crippen LogP contribution in [0, 0.1) is 5.92 Å². The van der Waals surface area contributed by atoms with Crippen molar-refractivity contribution in [3.8, 4) is 0 Å². The van der Waals surface area contributed by atoms with E-state index in [0.717, 1.165) is 17.4 Å². The third-order valence-corrected chi connectivity index (χ3v) is 4.60. The molecule has 1 fully saturated rings. The first-order chi connectivity index (χ1) is 9.20. The SMILES string of the molecule is CCCCC1CCC(c2ccc(C(C)=O)cc2)CC1. The Morgan fingerprint density at radius 3 is 2.26 bits per heavy atom. The highest BCUT2D eigenvalue weighted by Crippen LogP contribution is 2.37. The molecular weight excluding hydrogens is 232 g/mol. The average molecular weight is 258 g/mol. The van der Waals surface area contributed by atoms with Gasteiger partial charge in [0.1, 0.15) is 0 Å². The van der Waals surface area contributed by atoms with Crippen molar-refractivity contribution in [2.75, 3.05) is 0 Å². The summed E-state index contributed by atoms with van der Waals surface area (Å²) in [6, 6.07) is 8.29. The molecule has 0 N–H and O–H groups in total. The molecule has 0 unspecified atom stereocenters. The summed E-state index contributed by atoms with van der Waals surface area (Å²) >= 11 is 0. The van der Waals surface area contributed by atoms with Crippen LogP contribution in [0.25, 0.3) is 0 Å². The minimum absolute atomic E-state index is 0.162. The molecule has 1 nitrogen and oxygen atoms in total. The summed E-state index contributed by atoms with van der Waals surface area (Å²) in [5.74, 6) is 1.85. The van der Waals surface area contributed by atoms with Crippen LogP contribution in [0.3, 0.4) is 0 Å². The highest BCUT2D eigenvalue weighted by Gasteiger charge is 2.21. The number of benzene rings is 1. The Morgan fingerprint density at radius 2 is 1.74 bits per heavy atom. The van der Waals surface area contributed by atoms with Crippen LogP contribution >= 0.6 is 0 Å². The maximum atomic E-state index is 11.3. The van der Waals surface area contributed by atoms with Gasteiger partial charge in [-0.05, 0) is 50.0 Å². The molecule has 1 aromatic rings. The van der Waals surface area contributed by atoms with Crippen molar-refractivity contribution in [2.24, 2.45) is 5.92 Å². The molecule has 0 saturated heterocycles. The lowest BCUT2D eigenvalue weighted by Crippen LogP contribution is -2.13. The molecule has 0 aliphatic heterocycles. The van der Waals surface area contributed by atoms with Crippen molar-refractivity contribution in [3.05, 3.63) is 35.4 Å². The summed E-state index contributed by atoms with van der Waals surface area (Å²) < 4.78 is 0. The molecule has 19 heavy (non-hydrogen) atoms. The second-order valence-corrected chi connectivity index (χ2v) is 6.04. The largest absolute Gasteiger partial charge is 0.295 e. The van der Waals surface area contributed by atoms with Gasteiger partial charge in [-0.2, -0.15) is 0 Å². The summed E-state index contributed by atoms with van der Waals surface area (Å²) in [6.07, 6.45) is 9.57. The molecular formula is C18H26O. The minimum Gasteiger partial charge on any atom is -0.295 e. The highest BCUT2D eigenvalue weighted by molar-refractivity contribution is 5.94. The molecule has 0 heterocycles.